The Kier molecular flexibility index (Phi) is 3.29. The van der Waals surface area contributed by atoms with E-state index < -0.39 is 0 Å². The Morgan fingerprint density at radius 3 is 2.89 bits per heavy atom. The van der Waals surface area contributed by atoms with Crippen molar-refractivity contribution in [3.8, 4) is 11.5 Å². The third-order valence-electron chi connectivity index (χ3n) is 2.66. The number of halogens is 1. The molecule has 1 heterocycles. The van der Waals surface area contributed by atoms with Gasteiger partial charge >= 0.3 is 5.69 Å². The van der Waals surface area contributed by atoms with E-state index in [1.165, 1.54) is 4.57 Å². The number of hydrogen-bond donors (Lipinski definition) is 2. The Morgan fingerprint density at radius 2 is 2.28 bits per heavy atom. The largest absolute Gasteiger partial charge is 0.506 e. The average molecular weight is 270 g/mol. The van der Waals surface area contributed by atoms with Crippen molar-refractivity contribution < 1.29 is 9.84 Å². The van der Waals surface area contributed by atoms with Crippen LogP contribution < -0.4 is 10.4 Å². The number of ether oxygens (including phenoxy) is 1. The molecule has 1 aromatic carbocycles. The zero-order valence-electron chi connectivity index (χ0n) is 9.90. The van der Waals surface area contributed by atoms with Crippen molar-refractivity contribution in [2.45, 2.75) is 13.5 Å². The minimum atomic E-state index is -0.302. The van der Waals surface area contributed by atoms with Gasteiger partial charge in [-0.2, -0.15) is 5.10 Å². The highest BCUT2D eigenvalue weighted by atomic mass is 35.5. The van der Waals surface area contributed by atoms with Crippen molar-refractivity contribution in [2.24, 2.45) is 7.05 Å². The molecule has 2 N–H and O–H groups in total. The highest BCUT2D eigenvalue weighted by Crippen LogP contribution is 2.33. The molecule has 0 amide bonds. The topological polar surface area (TPSA) is 80.1 Å². The molecular formula is C11H12ClN3O3. The lowest BCUT2D eigenvalue weighted by atomic mass is 10.2. The maximum absolute atomic E-state index is 11.1. The number of aromatic hydroxyl groups is 1. The summed E-state index contributed by atoms with van der Waals surface area (Å²) in [6, 6.07) is 3.20. The normalized spacial score (nSPS) is 10.6. The molecule has 6 nitrogen and oxygen atoms in total. The summed E-state index contributed by atoms with van der Waals surface area (Å²) in [6.45, 7) is 1.82. The molecule has 96 valence electrons. The van der Waals surface area contributed by atoms with Crippen LogP contribution in [0.25, 0.3) is 0 Å². The Morgan fingerprint density at radius 1 is 1.56 bits per heavy atom. The van der Waals surface area contributed by atoms with Crippen molar-refractivity contribution in [1.82, 2.24) is 14.8 Å². The zero-order valence-corrected chi connectivity index (χ0v) is 10.7. The lowest BCUT2D eigenvalue weighted by molar-refractivity contribution is 0.287. The van der Waals surface area contributed by atoms with E-state index in [-0.39, 0.29) is 23.1 Å². The smallest absolute Gasteiger partial charge is 0.343 e. The molecule has 0 bridgehead atoms. The first kappa shape index (κ1) is 12.5. The summed E-state index contributed by atoms with van der Waals surface area (Å²) in [5.41, 5.74) is 0.243. The molecule has 0 radical (unpaired) electrons. The number of phenols is 1. The van der Waals surface area contributed by atoms with Crippen molar-refractivity contribution in [1.29, 1.82) is 0 Å². The highest BCUT2D eigenvalue weighted by molar-refractivity contribution is 6.32. The van der Waals surface area contributed by atoms with Crippen molar-refractivity contribution in [2.75, 3.05) is 0 Å². The molecule has 2 rings (SSSR count). The van der Waals surface area contributed by atoms with Crippen molar-refractivity contribution >= 4 is 11.6 Å². The molecule has 18 heavy (non-hydrogen) atoms. The van der Waals surface area contributed by atoms with Gasteiger partial charge in [-0.15, -0.1) is 0 Å². The molecule has 1 aromatic heterocycles. The number of rotatable bonds is 3. The Balaban J connectivity index is 2.19. The van der Waals surface area contributed by atoms with Crippen LogP contribution in [0.5, 0.6) is 11.5 Å². The summed E-state index contributed by atoms with van der Waals surface area (Å²) in [5.74, 6) is 0.950. The lowest BCUT2D eigenvalue weighted by Crippen LogP contribution is -2.15. The second-order valence-corrected chi connectivity index (χ2v) is 4.22. The van der Waals surface area contributed by atoms with E-state index in [1.54, 1.807) is 26.1 Å². The molecule has 0 unspecified atom stereocenters. The fourth-order valence-corrected chi connectivity index (χ4v) is 1.66. The van der Waals surface area contributed by atoms with Gasteiger partial charge in [-0.1, -0.05) is 11.6 Å². The fraction of sp³-hybridized carbons (Fsp3) is 0.273. The van der Waals surface area contributed by atoms with Gasteiger partial charge in [0.1, 0.15) is 18.1 Å². The van der Waals surface area contributed by atoms with Gasteiger partial charge in [0.25, 0.3) is 0 Å². The number of aromatic amines is 1. The van der Waals surface area contributed by atoms with Gasteiger partial charge in [0.05, 0.1) is 5.02 Å². The summed E-state index contributed by atoms with van der Waals surface area (Å²) in [7, 11) is 1.59. The van der Waals surface area contributed by atoms with E-state index in [2.05, 4.69) is 10.2 Å². The molecule has 7 heteroatoms. The van der Waals surface area contributed by atoms with Gasteiger partial charge in [-0.05, 0) is 19.1 Å². The van der Waals surface area contributed by atoms with Crippen molar-refractivity contribution in [3.05, 3.63) is 39.0 Å². The van der Waals surface area contributed by atoms with Crippen molar-refractivity contribution in [3.63, 3.8) is 0 Å². The maximum atomic E-state index is 11.1. The Bertz CT molecular complexity index is 633. The van der Waals surface area contributed by atoms with Gasteiger partial charge in [0.2, 0.25) is 0 Å². The molecule has 0 spiro atoms. The summed E-state index contributed by atoms with van der Waals surface area (Å²) in [6.07, 6.45) is 0. The number of nitrogens with one attached hydrogen (secondary N) is 1. The van der Waals surface area contributed by atoms with Crippen LogP contribution in [0, 0.1) is 6.92 Å². The zero-order chi connectivity index (χ0) is 13.3. The first-order valence-corrected chi connectivity index (χ1v) is 5.59. The average Bonchev–Trinajstić information content (AvgIpc) is 2.67. The second-order valence-electron chi connectivity index (χ2n) is 3.81. The van der Waals surface area contributed by atoms with E-state index in [9.17, 15) is 9.90 Å². The van der Waals surface area contributed by atoms with Gasteiger partial charge in [0, 0.05) is 12.6 Å². The minimum absolute atomic E-state index is 0.00918. The molecule has 0 saturated carbocycles. The number of aromatic nitrogens is 3. The van der Waals surface area contributed by atoms with E-state index in [0.717, 1.165) is 0 Å². The quantitative estimate of drug-likeness (QED) is 0.882. The molecule has 0 fully saturated rings. The SMILES string of the molecule is Cc1c(OCc2n[nH]c(=O)n2C)ccc(Cl)c1O. The van der Waals surface area contributed by atoms with E-state index in [1.807, 2.05) is 0 Å². The number of benzene rings is 1. The summed E-state index contributed by atoms with van der Waals surface area (Å²) in [4.78, 5) is 11.1. The van der Waals surface area contributed by atoms with Crippen LogP contribution in [0.1, 0.15) is 11.4 Å². The maximum Gasteiger partial charge on any atom is 0.343 e. The molecule has 0 aliphatic rings. The number of hydrogen-bond acceptors (Lipinski definition) is 4. The van der Waals surface area contributed by atoms with Crippen LogP contribution in [-0.4, -0.2) is 19.9 Å². The second kappa shape index (κ2) is 4.73. The predicted molar refractivity (Wildman–Crippen MR) is 66.0 cm³/mol. The van der Waals surface area contributed by atoms with E-state index in [4.69, 9.17) is 16.3 Å². The number of nitrogens with zero attached hydrogens (tertiary/aromatic N) is 2. The lowest BCUT2D eigenvalue weighted by Gasteiger charge is -2.10. The van der Waals surface area contributed by atoms with Gasteiger partial charge in [-0.25, -0.2) is 9.89 Å². The van der Waals surface area contributed by atoms with Crippen LogP contribution in [0.2, 0.25) is 5.02 Å². The fourth-order valence-electron chi connectivity index (χ4n) is 1.46. The van der Waals surface area contributed by atoms with Gasteiger partial charge in [-0.3, -0.25) is 4.57 Å². The Hall–Kier alpha value is -1.95. The summed E-state index contributed by atoms with van der Waals surface area (Å²) >= 11 is 5.76. The van der Waals surface area contributed by atoms with Crippen LogP contribution >= 0.6 is 11.6 Å². The third-order valence-corrected chi connectivity index (χ3v) is 2.97. The highest BCUT2D eigenvalue weighted by Gasteiger charge is 2.10. The third kappa shape index (κ3) is 2.19. The summed E-state index contributed by atoms with van der Waals surface area (Å²) < 4.78 is 6.84. The molecule has 2 aromatic rings. The molecule has 0 atom stereocenters. The summed E-state index contributed by atoms with van der Waals surface area (Å²) in [5, 5.41) is 16.1. The molecule has 0 saturated heterocycles. The van der Waals surface area contributed by atoms with Crippen LogP contribution in [0.15, 0.2) is 16.9 Å². The van der Waals surface area contributed by atoms with E-state index >= 15 is 0 Å². The van der Waals surface area contributed by atoms with Gasteiger partial charge in [0.15, 0.2) is 5.82 Å². The Labute approximate surface area is 108 Å². The minimum Gasteiger partial charge on any atom is -0.506 e. The predicted octanol–water partition coefficient (Wildman–Crippen LogP) is 1.35. The molecular weight excluding hydrogens is 258 g/mol. The molecule has 0 aliphatic carbocycles. The number of H-pyrrole nitrogens is 1. The van der Waals surface area contributed by atoms with Crippen LogP contribution in [0.4, 0.5) is 0 Å². The first-order chi connectivity index (χ1) is 8.50. The van der Waals surface area contributed by atoms with Crippen LogP contribution in [-0.2, 0) is 13.7 Å². The molecule has 0 aliphatic heterocycles. The standard InChI is InChI=1S/C11H12ClN3O3/c1-6-8(4-3-7(12)10(6)16)18-5-9-13-14-11(17)15(9)2/h3-4,16H,5H2,1-2H3,(H,14,17). The number of phenolic OH excluding ortho intramolecular Hbond substituents is 1. The van der Waals surface area contributed by atoms with Gasteiger partial charge < -0.3 is 9.84 Å². The van der Waals surface area contributed by atoms with Crippen LogP contribution in [0.3, 0.4) is 0 Å². The van der Waals surface area contributed by atoms with E-state index in [0.29, 0.717) is 17.1 Å². The first-order valence-electron chi connectivity index (χ1n) is 5.22. The monoisotopic (exact) mass is 269 g/mol.